The van der Waals surface area contributed by atoms with E-state index in [1.54, 1.807) is 60.7 Å². The Labute approximate surface area is 153 Å². The van der Waals surface area contributed by atoms with Crippen LogP contribution in [0.1, 0.15) is 39.0 Å². The zero-order chi connectivity index (χ0) is 18.7. The molecule has 7 heteroatoms. The van der Waals surface area contributed by atoms with Gasteiger partial charge in [-0.3, -0.25) is 4.89 Å². The minimum atomic E-state index is -4.20. The number of phosphoric ester groups is 1. The van der Waals surface area contributed by atoms with Gasteiger partial charge in [0.15, 0.2) is 0 Å². The molecule has 0 aliphatic rings. The number of phosphoric acid groups is 1. The average Bonchev–Trinajstić information content (AvgIpc) is 2.65. The SMILES string of the molecule is CCCCCCC(=O)OOP(=O)(Oc1ccccc1)Oc1ccccc1. The van der Waals surface area contributed by atoms with Gasteiger partial charge in [-0.2, -0.15) is 0 Å². The summed E-state index contributed by atoms with van der Waals surface area (Å²) in [4.78, 5) is 16.5. The highest BCUT2D eigenvalue weighted by Crippen LogP contribution is 2.49. The van der Waals surface area contributed by atoms with Crippen molar-refractivity contribution in [3.05, 3.63) is 60.7 Å². The molecule has 0 unspecified atom stereocenters. The maximum absolute atomic E-state index is 12.9. The molecule has 0 fully saturated rings. The zero-order valence-corrected chi connectivity index (χ0v) is 15.6. The van der Waals surface area contributed by atoms with Crippen LogP contribution in [0.3, 0.4) is 0 Å². The van der Waals surface area contributed by atoms with Gasteiger partial charge in [0.1, 0.15) is 11.5 Å². The third-order valence-electron chi connectivity index (χ3n) is 3.38. The summed E-state index contributed by atoms with van der Waals surface area (Å²) in [6, 6.07) is 16.8. The van der Waals surface area contributed by atoms with Crippen molar-refractivity contribution in [2.75, 3.05) is 0 Å². The molecule has 140 valence electrons. The standard InChI is InChI=1S/C19H23O6P/c1-2-3-4-11-16-19(20)22-25-26(21,23-17-12-7-5-8-13-17)24-18-14-9-6-10-15-18/h5-10,12-15H,2-4,11,16H2,1H3. The summed E-state index contributed by atoms with van der Waals surface area (Å²) in [6.07, 6.45) is 3.89. The van der Waals surface area contributed by atoms with Gasteiger partial charge in [-0.15, -0.1) is 0 Å². The number of carbonyl (C=O) groups is 1. The molecule has 26 heavy (non-hydrogen) atoms. The minimum absolute atomic E-state index is 0.177. The first-order chi connectivity index (χ1) is 12.6. The third kappa shape index (κ3) is 7.30. The predicted molar refractivity (Wildman–Crippen MR) is 97.7 cm³/mol. The number of rotatable bonds is 11. The Morgan fingerprint density at radius 2 is 1.38 bits per heavy atom. The first-order valence-electron chi connectivity index (χ1n) is 8.60. The van der Waals surface area contributed by atoms with Gasteiger partial charge >= 0.3 is 13.8 Å². The highest BCUT2D eigenvalue weighted by Gasteiger charge is 2.34. The molecule has 0 aromatic heterocycles. The maximum Gasteiger partial charge on any atom is 0.625 e. The van der Waals surface area contributed by atoms with E-state index < -0.39 is 13.8 Å². The van der Waals surface area contributed by atoms with Crippen LogP contribution in [0.15, 0.2) is 60.7 Å². The lowest BCUT2D eigenvalue weighted by molar-refractivity contribution is -0.221. The molecule has 0 saturated heterocycles. The van der Waals surface area contributed by atoms with E-state index in [-0.39, 0.29) is 17.9 Å². The van der Waals surface area contributed by atoms with Crippen LogP contribution >= 0.6 is 7.82 Å². The Hall–Kier alpha value is -2.30. The van der Waals surface area contributed by atoms with Crippen LogP contribution < -0.4 is 9.05 Å². The van der Waals surface area contributed by atoms with Crippen molar-refractivity contribution >= 4 is 13.8 Å². The van der Waals surface area contributed by atoms with Crippen molar-refractivity contribution in [2.45, 2.75) is 39.0 Å². The Morgan fingerprint density at radius 1 is 0.846 bits per heavy atom. The molecule has 0 saturated carbocycles. The van der Waals surface area contributed by atoms with Crippen molar-refractivity contribution in [3.8, 4) is 11.5 Å². The number of unbranched alkanes of at least 4 members (excludes halogenated alkanes) is 3. The number of hydrogen-bond donors (Lipinski definition) is 0. The predicted octanol–water partition coefficient (Wildman–Crippen LogP) is 5.70. The molecule has 2 aromatic carbocycles. The molecule has 2 rings (SSSR count). The number of carbonyl (C=O) groups excluding carboxylic acids is 1. The molecule has 0 spiro atoms. The van der Waals surface area contributed by atoms with Crippen molar-refractivity contribution in [1.29, 1.82) is 0 Å². The van der Waals surface area contributed by atoms with E-state index in [2.05, 4.69) is 11.8 Å². The van der Waals surface area contributed by atoms with Gasteiger partial charge in [0.2, 0.25) is 0 Å². The van der Waals surface area contributed by atoms with E-state index in [0.717, 1.165) is 19.3 Å². The average molecular weight is 378 g/mol. The summed E-state index contributed by atoms with van der Waals surface area (Å²) in [5.41, 5.74) is 0. The fraction of sp³-hybridized carbons (Fsp3) is 0.316. The van der Waals surface area contributed by atoms with Gasteiger partial charge in [-0.05, 0) is 30.7 Å². The quantitative estimate of drug-likeness (QED) is 0.216. The highest BCUT2D eigenvalue weighted by atomic mass is 31.2. The summed E-state index contributed by atoms with van der Waals surface area (Å²) in [6.45, 7) is 2.08. The molecule has 0 amide bonds. The molecule has 0 bridgehead atoms. The molecule has 0 radical (unpaired) electrons. The lowest BCUT2D eigenvalue weighted by Gasteiger charge is -2.17. The van der Waals surface area contributed by atoms with Gasteiger partial charge in [0.25, 0.3) is 0 Å². The van der Waals surface area contributed by atoms with E-state index in [1.165, 1.54) is 0 Å². The van der Waals surface area contributed by atoms with Crippen LogP contribution in [-0.4, -0.2) is 5.97 Å². The van der Waals surface area contributed by atoms with Gasteiger partial charge in [0.05, 0.1) is 0 Å². The fourth-order valence-corrected chi connectivity index (χ4v) is 3.13. The van der Waals surface area contributed by atoms with Crippen molar-refractivity contribution in [3.63, 3.8) is 0 Å². The molecule has 0 aliphatic carbocycles. The van der Waals surface area contributed by atoms with Gasteiger partial charge in [0, 0.05) is 6.42 Å². The molecular weight excluding hydrogens is 355 g/mol. The van der Waals surface area contributed by atoms with E-state index >= 15 is 0 Å². The Morgan fingerprint density at radius 3 is 1.88 bits per heavy atom. The molecule has 6 nitrogen and oxygen atoms in total. The molecule has 0 N–H and O–H groups in total. The topological polar surface area (TPSA) is 71.1 Å². The molecule has 2 aromatic rings. The number of para-hydroxylation sites is 2. The third-order valence-corrected chi connectivity index (χ3v) is 4.50. The van der Waals surface area contributed by atoms with E-state index in [9.17, 15) is 9.36 Å². The Balaban J connectivity index is 1.98. The maximum atomic E-state index is 12.9. The van der Waals surface area contributed by atoms with Crippen LogP contribution in [0, 0.1) is 0 Å². The second kappa shape index (κ2) is 10.6. The molecule has 0 atom stereocenters. The molecule has 0 aliphatic heterocycles. The van der Waals surface area contributed by atoms with Crippen LogP contribution in [-0.2, 0) is 18.9 Å². The summed E-state index contributed by atoms with van der Waals surface area (Å²) in [5, 5.41) is 0. The van der Waals surface area contributed by atoms with Crippen LogP contribution in [0.4, 0.5) is 0 Å². The van der Waals surface area contributed by atoms with Gasteiger partial charge in [-0.25, -0.2) is 9.36 Å². The number of hydrogen-bond acceptors (Lipinski definition) is 6. The van der Waals surface area contributed by atoms with Crippen LogP contribution in [0.5, 0.6) is 11.5 Å². The second-order valence-corrected chi connectivity index (χ2v) is 7.01. The summed E-state index contributed by atoms with van der Waals surface area (Å²) < 4.78 is 28.4. The monoisotopic (exact) mass is 378 g/mol. The highest BCUT2D eigenvalue weighted by molar-refractivity contribution is 7.49. The van der Waals surface area contributed by atoms with E-state index in [1.807, 2.05) is 0 Å². The normalized spacial score (nSPS) is 11.0. The number of benzene rings is 2. The van der Waals surface area contributed by atoms with Crippen molar-refractivity contribution in [2.24, 2.45) is 0 Å². The Kier molecular flexibility index (Phi) is 8.19. The summed E-state index contributed by atoms with van der Waals surface area (Å²) in [5.74, 6) is -0.0776. The van der Waals surface area contributed by atoms with Crippen molar-refractivity contribution in [1.82, 2.24) is 0 Å². The lowest BCUT2D eigenvalue weighted by atomic mass is 10.2. The van der Waals surface area contributed by atoms with Gasteiger partial charge in [-0.1, -0.05) is 67.3 Å². The second-order valence-electron chi connectivity index (χ2n) is 5.60. The summed E-state index contributed by atoms with van der Waals surface area (Å²) in [7, 11) is -4.20. The lowest BCUT2D eigenvalue weighted by Crippen LogP contribution is -2.10. The largest absolute Gasteiger partial charge is 0.625 e. The first-order valence-corrected chi connectivity index (χ1v) is 10.1. The Bertz CT molecular complexity index is 659. The van der Waals surface area contributed by atoms with Gasteiger partial charge < -0.3 is 9.05 Å². The first kappa shape index (κ1) is 20.0. The summed E-state index contributed by atoms with van der Waals surface area (Å²) >= 11 is 0. The molecular formula is C19H23O6P. The smallest absolute Gasteiger partial charge is 0.393 e. The van der Waals surface area contributed by atoms with Crippen LogP contribution in [0.2, 0.25) is 0 Å². The fourth-order valence-electron chi connectivity index (χ4n) is 2.09. The van der Waals surface area contributed by atoms with Crippen LogP contribution in [0.25, 0.3) is 0 Å². The molecule has 0 heterocycles. The minimum Gasteiger partial charge on any atom is -0.393 e. The van der Waals surface area contributed by atoms with E-state index in [0.29, 0.717) is 6.42 Å². The zero-order valence-electron chi connectivity index (χ0n) is 14.7. The van der Waals surface area contributed by atoms with E-state index in [4.69, 9.17) is 13.7 Å². The van der Waals surface area contributed by atoms with Crippen molar-refractivity contribution < 1.29 is 28.0 Å².